The maximum Gasteiger partial charge on any atom is 0.123 e. The largest absolute Gasteiger partial charge is 0.496 e. The van der Waals surface area contributed by atoms with Crippen LogP contribution in [0.3, 0.4) is 0 Å². The molecule has 0 bridgehead atoms. The molecule has 26 heavy (non-hydrogen) atoms. The number of aliphatic hydroxyl groups excluding tert-OH is 1. The van der Waals surface area contributed by atoms with Gasteiger partial charge >= 0.3 is 0 Å². The van der Waals surface area contributed by atoms with E-state index in [9.17, 15) is 5.11 Å². The summed E-state index contributed by atoms with van der Waals surface area (Å²) in [6, 6.07) is 28.1. The first-order valence-electron chi connectivity index (χ1n) is 8.87. The molecule has 3 N–H and O–H groups in total. The average molecular weight is 347 g/mol. The van der Waals surface area contributed by atoms with E-state index < -0.39 is 11.5 Å². The summed E-state index contributed by atoms with van der Waals surface area (Å²) in [5.41, 5.74) is 8.02. The van der Waals surface area contributed by atoms with E-state index in [1.165, 1.54) is 0 Å². The van der Waals surface area contributed by atoms with Gasteiger partial charge in [0.25, 0.3) is 0 Å². The number of ether oxygens (including phenoxy) is 1. The fourth-order valence-electron chi connectivity index (χ4n) is 3.79. The predicted molar refractivity (Wildman–Crippen MR) is 105 cm³/mol. The van der Waals surface area contributed by atoms with E-state index in [-0.39, 0.29) is 0 Å². The zero-order valence-corrected chi connectivity index (χ0v) is 15.0. The lowest BCUT2D eigenvalue weighted by Gasteiger charge is -2.40. The number of rotatable bonds is 7. The molecule has 1 unspecified atom stereocenters. The molecular weight excluding hydrogens is 322 g/mol. The first-order chi connectivity index (χ1) is 12.7. The fraction of sp³-hybridized carbons (Fsp3) is 0.217. The van der Waals surface area contributed by atoms with Gasteiger partial charge in [-0.05, 0) is 30.2 Å². The van der Waals surface area contributed by atoms with Gasteiger partial charge in [0.05, 0.1) is 18.6 Å². The molecule has 0 aliphatic heterocycles. The van der Waals surface area contributed by atoms with Crippen molar-refractivity contribution in [1.29, 1.82) is 0 Å². The van der Waals surface area contributed by atoms with Crippen LogP contribution in [0.15, 0.2) is 84.9 Å². The molecule has 0 heterocycles. The van der Waals surface area contributed by atoms with E-state index in [1.807, 2.05) is 60.7 Å². The third-order valence-corrected chi connectivity index (χ3v) is 4.93. The van der Waals surface area contributed by atoms with Crippen LogP contribution in [0.4, 0.5) is 0 Å². The average Bonchev–Trinajstić information content (AvgIpc) is 2.71. The van der Waals surface area contributed by atoms with Crippen LogP contribution in [-0.4, -0.2) is 24.9 Å². The number of para-hydroxylation sites is 1. The third-order valence-electron chi connectivity index (χ3n) is 4.93. The van der Waals surface area contributed by atoms with Gasteiger partial charge < -0.3 is 15.6 Å². The SMILES string of the molecule is COc1ccccc1C(c1ccccc1)(c1ccccc1)C(O)CCN. The lowest BCUT2D eigenvalue weighted by molar-refractivity contribution is 0.113. The van der Waals surface area contributed by atoms with Gasteiger partial charge in [0, 0.05) is 5.56 Å². The van der Waals surface area contributed by atoms with Gasteiger partial charge in [0.2, 0.25) is 0 Å². The molecule has 3 heteroatoms. The van der Waals surface area contributed by atoms with E-state index in [0.29, 0.717) is 13.0 Å². The van der Waals surface area contributed by atoms with Crippen LogP contribution in [0.5, 0.6) is 5.75 Å². The van der Waals surface area contributed by atoms with Crippen molar-refractivity contribution in [3.8, 4) is 5.75 Å². The molecule has 3 aromatic rings. The Morgan fingerprint density at radius 2 is 1.35 bits per heavy atom. The number of methoxy groups -OCH3 is 1. The molecule has 0 fully saturated rings. The number of nitrogens with two attached hydrogens (primary N) is 1. The van der Waals surface area contributed by atoms with E-state index in [2.05, 4.69) is 24.3 Å². The lowest BCUT2D eigenvalue weighted by atomic mass is 9.64. The zero-order chi connectivity index (χ0) is 18.4. The fourth-order valence-corrected chi connectivity index (χ4v) is 3.79. The molecule has 0 radical (unpaired) electrons. The van der Waals surface area contributed by atoms with E-state index >= 15 is 0 Å². The minimum absolute atomic E-state index is 0.401. The molecule has 1 atom stereocenters. The van der Waals surface area contributed by atoms with Gasteiger partial charge in [-0.3, -0.25) is 0 Å². The highest BCUT2D eigenvalue weighted by Crippen LogP contribution is 2.46. The summed E-state index contributed by atoms with van der Waals surface area (Å²) in [4.78, 5) is 0. The van der Waals surface area contributed by atoms with Crippen molar-refractivity contribution in [3.63, 3.8) is 0 Å². The molecule has 0 aliphatic rings. The standard InChI is InChI=1S/C23H25NO2/c1-26-21-15-9-8-14-20(21)23(22(25)16-17-24,18-10-4-2-5-11-18)19-12-6-3-7-13-19/h2-15,22,25H,16-17,24H2,1H3. The van der Waals surface area contributed by atoms with Crippen molar-refractivity contribution in [2.75, 3.05) is 13.7 Å². The lowest BCUT2D eigenvalue weighted by Crippen LogP contribution is -2.43. The van der Waals surface area contributed by atoms with Gasteiger partial charge in [-0.15, -0.1) is 0 Å². The van der Waals surface area contributed by atoms with E-state index in [1.54, 1.807) is 7.11 Å². The first-order valence-corrected chi connectivity index (χ1v) is 8.87. The highest BCUT2D eigenvalue weighted by molar-refractivity contribution is 5.56. The van der Waals surface area contributed by atoms with Crippen molar-refractivity contribution >= 4 is 0 Å². The Balaban J connectivity index is 2.39. The van der Waals surface area contributed by atoms with Crippen molar-refractivity contribution < 1.29 is 9.84 Å². The van der Waals surface area contributed by atoms with Gasteiger partial charge in [0.1, 0.15) is 5.75 Å². The summed E-state index contributed by atoms with van der Waals surface area (Å²) in [6.07, 6.45) is -0.226. The third kappa shape index (κ3) is 3.12. The molecule has 0 amide bonds. The van der Waals surface area contributed by atoms with Gasteiger partial charge in [-0.2, -0.15) is 0 Å². The van der Waals surface area contributed by atoms with Crippen molar-refractivity contribution in [2.45, 2.75) is 17.9 Å². The Hall–Kier alpha value is -2.62. The second-order valence-corrected chi connectivity index (χ2v) is 6.33. The maximum absolute atomic E-state index is 11.4. The van der Waals surface area contributed by atoms with Crippen LogP contribution in [0.1, 0.15) is 23.1 Å². The molecule has 3 aromatic carbocycles. The highest BCUT2D eigenvalue weighted by atomic mass is 16.5. The predicted octanol–water partition coefficient (Wildman–Crippen LogP) is 3.74. The van der Waals surface area contributed by atoms with Crippen LogP contribution in [-0.2, 0) is 5.41 Å². The van der Waals surface area contributed by atoms with Crippen LogP contribution >= 0.6 is 0 Å². The van der Waals surface area contributed by atoms with Crippen LogP contribution in [0.25, 0.3) is 0 Å². The summed E-state index contributed by atoms with van der Waals surface area (Å²) in [5.74, 6) is 0.747. The van der Waals surface area contributed by atoms with Crippen LogP contribution in [0.2, 0.25) is 0 Å². The summed E-state index contributed by atoms with van der Waals surface area (Å²) in [5, 5.41) is 11.4. The molecule has 0 aromatic heterocycles. The maximum atomic E-state index is 11.4. The Labute approximate surface area is 155 Å². The van der Waals surface area contributed by atoms with Gasteiger partial charge in [0.15, 0.2) is 0 Å². The van der Waals surface area contributed by atoms with Gasteiger partial charge in [-0.1, -0.05) is 78.9 Å². The van der Waals surface area contributed by atoms with E-state index in [0.717, 1.165) is 22.4 Å². The molecular formula is C23H25NO2. The van der Waals surface area contributed by atoms with Crippen LogP contribution in [0, 0.1) is 0 Å². The summed E-state index contributed by atoms with van der Waals surface area (Å²) >= 11 is 0. The normalized spacial score (nSPS) is 12.6. The summed E-state index contributed by atoms with van der Waals surface area (Å²) in [7, 11) is 1.66. The van der Waals surface area contributed by atoms with E-state index in [4.69, 9.17) is 10.5 Å². The van der Waals surface area contributed by atoms with Crippen molar-refractivity contribution in [3.05, 3.63) is 102 Å². The molecule has 3 nitrogen and oxygen atoms in total. The Morgan fingerprint density at radius 1 is 0.846 bits per heavy atom. The molecule has 0 saturated heterocycles. The molecule has 0 aliphatic carbocycles. The zero-order valence-electron chi connectivity index (χ0n) is 15.0. The summed E-state index contributed by atoms with van der Waals surface area (Å²) in [6.45, 7) is 0.401. The number of aliphatic hydroxyl groups is 1. The molecule has 3 rings (SSSR count). The topological polar surface area (TPSA) is 55.5 Å². The van der Waals surface area contributed by atoms with Crippen molar-refractivity contribution in [2.24, 2.45) is 5.73 Å². The smallest absolute Gasteiger partial charge is 0.123 e. The number of benzene rings is 3. The Morgan fingerprint density at radius 3 is 1.85 bits per heavy atom. The quantitative estimate of drug-likeness (QED) is 0.640. The highest BCUT2D eigenvalue weighted by Gasteiger charge is 2.44. The second-order valence-electron chi connectivity index (χ2n) is 6.33. The Bertz CT molecular complexity index is 778. The molecule has 0 saturated carbocycles. The van der Waals surface area contributed by atoms with Crippen LogP contribution < -0.4 is 10.5 Å². The van der Waals surface area contributed by atoms with Crippen molar-refractivity contribution in [1.82, 2.24) is 0 Å². The monoisotopic (exact) mass is 347 g/mol. The minimum atomic E-state index is -0.769. The minimum Gasteiger partial charge on any atom is -0.496 e. The molecule has 134 valence electrons. The summed E-state index contributed by atoms with van der Waals surface area (Å²) < 4.78 is 5.68. The number of hydrogen-bond acceptors (Lipinski definition) is 3. The molecule has 0 spiro atoms. The van der Waals surface area contributed by atoms with Gasteiger partial charge in [-0.25, -0.2) is 0 Å². The Kier molecular flexibility index (Phi) is 5.71. The number of hydrogen-bond donors (Lipinski definition) is 2. The second kappa shape index (κ2) is 8.17. The first kappa shape index (κ1) is 18.2.